The summed E-state index contributed by atoms with van der Waals surface area (Å²) in [6.45, 7) is 15.9. The average Bonchev–Trinajstić information content (AvgIpc) is 2.82. The first kappa shape index (κ1) is 33.1. The van der Waals surface area contributed by atoms with E-state index in [1.54, 1.807) is 6.07 Å². The van der Waals surface area contributed by atoms with Gasteiger partial charge in [-0.05, 0) is 68.2 Å². The number of benzene rings is 2. The topological polar surface area (TPSA) is 46.3 Å². The molecule has 0 heterocycles. The first-order valence-electron chi connectivity index (χ1n) is 11.3. The van der Waals surface area contributed by atoms with Crippen molar-refractivity contribution in [3.63, 3.8) is 0 Å². The van der Waals surface area contributed by atoms with Gasteiger partial charge in [-0.2, -0.15) is 0 Å². The van der Waals surface area contributed by atoms with E-state index < -0.39 is 5.91 Å². The van der Waals surface area contributed by atoms with Crippen LogP contribution in [0.15, 0.2) is 48.5 Å². The van der Waals surface area contributed by atoms with Crippen molar-refractivity contribution in [2.75, 3.05) is 20.6 Å². The van der Waals surface area contributed by atoms with Gasteiger partial charge in [0.2, 0.25) is 5.91 Å². The van der Waals surface area contributed by atoms with Crippen molar-refractivity contribution in [1.82, 2.24) is 4.90 Å². The number of rotatable bonds is 6. The van der Waals surface area contributed by atoms with E-state index >= 15 is 0 Å². The van der Waals surface area contributed by atoms with Gasteiger partial charge in [0.1, 0.15) is 0 Å². The Hall–Kier alpha value is -2.57. The molecule has 0 fully saturated rings. The maximum atomic E-state index is 11.1. The molecule has 0 aliphatic heterocycles. The fraction of sp³-hybridized carbons (Fsp3) is 0.464. The number of nitrogens with zero attached hydrogens (tertiary/aromatic N) is 1. The van der Waals surface area contributed by atoms with Gasteiger partial charge < -0.3 is 10.6 Å². The van der Waals surface area contributed by atoms with E-state index in [-0.39, 0.29) is 0 Å². The zero-order valence-corrected chi connectivity index (χ0v) is 21.4. The van der Waals surface area contributed by atoms with Crippen molar-refractivity contribution in [3.05, 3.63) is 59.7 Å². The molecule has 0 radical (unpaired) electrons. The lowest BCUT2D eigenvalue weighted by molar-refractivity contribution is 0.100. The molecule has 3 heteroatoms. The maximum absolute atomic E-state index is 11.1. The molecule has 0 aliphatic rings. The number of nitrogens with two attached hydrogens (primary N) is 1. The number of carbonyl (C=O) groups excluding carboxylic acids is 1. The number of hydrogen-bond donors (Lipinski definition) is 1. The van der Waals surface area contributed by atoms with Crippen molar-refractivity contribution >= 4 is 5.91 Å². The molecule has 1 amide bonds. The Kier molecular flexibility index (Phi) is 23.6. The van der Waals surface area contributed by atoms with E-state index in [1.807, 2.05) is 58.0 Å². The summed E-state index contributed by atoms with van der Waals surface area (Å²) in [5.41, 5.74) is 9.25. The van der Waals surface area contributed by atoms with Crippen LogP contribution in [0.2, 0.25) is 0 Å². The van der Waals surface area contributed by atoms with Gasteiger partial charge in [0.15, 0.2) is 0 Å². The molecule has 0 atom stereocenters. The van der Waals surface area contributed by atoms with Crippen LogP contribution in [0.1, 0.15) is 70.8 Å². The van der Waals surface area contributed by atoms with Gasteiger partial charge in [-0.25, -0.2) is 0 Å². The molecular formula is C28H46N2O. The molecule has 0 saturated carbocycles. The first-order chi connectivity index (χ1) is 14.8. The molecule has 0 saturated heterocycles. The van der Waals surface area contributed by atoms with Crippen LogP contribution in [-0.4, -0.2) is 31.4 Å². The number of hydrogen-bond acceptors (Lipinski definition) is 2. The van der Waals surface area contributed by atoms with Crippen LogP contribution in [0, 0.1) is 18.8 Å². The summed E-state index contributed by atoms with van der Waals surface area (Å²) in [7, 11) is 4.23. The lowest BCUT2D eigenvalue weighted by atomic mass is 10.0. The minimum Gasteiger partial charge on any atom is -0.366 e. The molecule has 174 valence electrons. The van der Waals surface area contributed by atoms with Crippen molar-refractivity contribution in [3.8, 4) is 24.0 Å². The zero-order valence-electron chi connectivity index (χ0n) is 21.4. The summed E-state index contributed by atoms with van der Waals surface area (Å²) in [4.78, 5) is 13.4. The van der Waals surface area contributed by atoms with Gasteiger partial charge in [0, 0.05) is 5.56 Å². The fourth-order valence-electron chi connectivity index (χ4n) is 2.34. The smallest absolute Gasteiger partial charge is 0.248 e. The van der Waals surface area contributed by atoms with Crippen LogP contribution in [0.25, 0.3) is 11.1 Å². The second-order valence-electron chi connectivity index (χ2n) is 6.98. The van der Waals surface area contributed by atoms with Crippen LogP contribution < -0.4 is 5.73 Å². The van der Waals surface area contributed by atoms with Crippen LogP contribution >= 0.6 is 0 Å². The quantitative estimate of drug-likeness (QED) is 0.510. The predicted molar refractivity (Wildman–Crippen MR) is 140 cm³/mol. The molecule has 0 bridgehead atoms. The van der Waals surface area contributed by atoms with Crippen LogP contribution in [0.5, 0.6) is 0 Å². The normalized spacial score (nSPS) is 8.94. The molecule has 3 nitrogen and oxygen atoms in total. The predicted octanol–water partition coefficient (Wildman–Crippen LogP) is 6.91. The lowest BCUT2D eigenvalue weighted by Crippen LogP contribution is -2.14. The Morgan fingerprint density at radius 2 is 1.42 bits per heavy atom. The zero-order chi connectivity index (χ0) is 24.8. The van der Waals surface area contributed by atoms with Crippen molar-refractivity contribution in [2.45, 2.75) is 61.3 Å². The Morgan fingerprint density at radius 1 is 0.935 bits per heavy atom. The summed E-state index contributed by atoms with van der Waals surface area (Å²) in [6.07, 6.45) is 10.3. The average molecular weight is 427 g/mol. The lowest BCUT2D eigenvalue weighted by Gasteiger charge is -2.10. The summed E-state index contributed by atoms with van der Waals surface area (Å²) in [5, 5.41) is 0. The molecule has 0 spiro atoms. The molecular weight excluding hydrogens is 380 g/mol. The third kappa shape index (κ3) is 16.9. The largest absolute Gasteiger partial charge is 0.366 e. The van der Waals surface area contributed by atoms with E-state index in [9.17, 15) is 4.79 Å². The van der Waals surface area contributed by atoms with Crippen molar-refractivity contribution in [2.24, 2.45) is 11.7 Å². The third-order valence-electron chi connectivity index (χ3n) is 3.97. The highest BCUT2D eigenvalue weighted by Gasteiger charge is 2.03. The Balaban J connectivity index is -0.000000474. The second-order valence-corrected chi connectivity index (χ2v) is 6.98. The monoisotopic (exact) mass is 426 g/mol. The summed E-state index contributed by atoms with van der Waals surface area (Å²) >= 11 is 0. The second kappa shape index (κ2) is 22.1. The summed E-state index contributed by atoms with van der Waals surface area (Å²) < 4.78 is 0. The van der Waals surface area contributed by atoms with Crippen molar-refractivity contribution < 1.29 is 4.79 Å². The van der Waals surface area contributed by atoms with Gasteiger partial charge in [-0.15, -0.1) is 12.8 Å². The number of terminal acetylenes is 1. The molecule has 0 aliphatic carbocycles. The van der Waals surface area contributed by atoms with Gasteiger partial charge in [-0.3, -0.25) is 4.79 Å². The van der Waals surface area contributed by atoms with Crippen LogP contribution in [-0.2, 0) is 6.42 Å². The highest BCUT2D eigenvalue weighted by Crippen LogP contribution is 2.21. The van der Waals surface area contributed by atoms with Crippen LogP contribution in [0.4, 0.5) is 0 Å². The molecule has 2 aromatic rings. The molecule has 2 rings (SSSR count). The molecule has 2 N–H and O–H groups in total. The highest BCUT2D eigenvalue weighted by atomic mass is 16.1. The fourth-order valence-corrected chi connectivity index (χ4v) is 2.34. The van der Waals surface area contributed by atoms with Gasteiger partial charge >= 0.3 is 0 Å². The van der Waals surface area contributed by atoms with E-state index in [1.165, 1.54) is 18.5 Å². The standard InChI is InChI=1S/C15H15NO.C7H17N.2C2H6.C2H2/c1-2-11-5-3-6-12(9-11)13-7-4-8-14(10-13)15(16)17;1-7(2)5-6-8(3)4;3*1-2/h3-10H,2H2,1H3,(H2,16,17);7H,5-6H2,1-4H3;2*1-2H3;1-2H. The minimum absolute atomic E-state index is 0.390. The molecule has 0 aromatic heterocycles. The third-order valence-corrected chi connectivity index (χ3v) is 3.97. The molecule has 2 aromatic carbocycles. The maximum Gasteiger partial charge on any atom is 0.248 e. The highest BCUT2D eigenvalue weighted by molar-refractivity contribution is 5.94. The van der Waals surface area contributed by atoms with E-state index in [0.29, 0.717) is 5.56 Å². The van der Waals surface area contributed by atoms with Gasteiger partial charge in [0.05, 0.1) is 0 Å². The Morgan fingerprint density at radius 3 is 1.81 bits per heavy atom. The SMILES string of the molecule is C#C.CC.CC.CC(C)CCN(C)C.CCc1cccc(-c2cccc(C(N)=O)c2)c1. The molecule has 0 unspecified atom stereocenters. The minimum atomic E-state index is -0.390. The number of amides is 1. The van der Waals surface area contributed by atoms with Gasteiger partial charge in [0.25, 0.3) is 0 Å². The van der Waals surface area contributed by atoms with Crippen molar-refractivity contribution in [1.29, 1.82) is 0 Å². The first-order valence-corrected chi connectivity index (χ1v) is 11.3. The number of primary amides is 1. The van der Waals surface area contributed by atoms with Gasteiger partial charge in [-0.1, -0.05) is 84.9 Å². The van der Waals surface area contributed by atoms with E-state index in [2.05, 4.69) is 64.7 Å². The Labute approximate surface area is 193 Å². The number of aryl methyl sites for hydroxylation is 1. The van der Waals surface area contributed by atoms with Crippen LogP contribution in [0.3, 0.4) is 0 Å². The Bertz CT molecular complexity index is 695. The summed E-state index contributed by atoms with van der Waals surface area (Å²) in [6, 6.07) is 15.7. The number of carbonyl (C=O) groups is 1. The van der Waals surface area contributed by atoms with E-state index in [0.717, 1.165) is 23.5 Å². The summed E-state index contributed by atoms with van der Waals surface area (Å²) in [5.74, 6) is 0.455. The molecule has 31 heavy (non-hydrogen) atoms. The van der Waals surface area contributed by atoms with E-state index in [4.69, 9.17) is 5.73 Å².